The van der Waals surface area contributed by atoms with Crippen LogP contribution in [0.2, 0.25) is 0 Å². The van der Waals surface area contributed by atoms with Crippen LogP contribution in [0.5, 0.6) is 0 Å². The lowest BCUT2D eigenvalue weighted by Crippen LogP contribution is -2.32. The van der Waals surface area contributed by atoms with E-state index < -0.39 is 9.84 Å². The van der Waals surface area contributed by atoms with Crippen LogP contribution in [0.1, 0.15) is 37.2 Å². The van der Waals surface area contributed by atoms with Gasteiger partial charge in [0.05, 0.1) is 11.0 Å². The quantitative estimate of drug-likeness (QED) is 0.913. The van der Waals surface area contributed by atoms with Crippen LogP contribution in [0.4, 0.5) is 0 Å². The van der Waals surface area contributed by atoms with Gasteiger partial charge in [0.2, 0.25) is 0 Å². The minimum Gasteiger partial charge on any atom is -0.309 e. The summed E-state index contributed by atoms with van der Waals surface area (Å²) in [5.74, 6) is 1.29. The van der Waals surface area contributed by atoms with E-state index >= 15 is 0 Å². The molecule has 1 fully saturated rings. The number of benzene rings is 1. The number of nitrogens with zero attached hydrogens (tertiary/aromatic N) is 2. The summed E-state index contributed by atoms with van der Waals surface area (Å²) in [4.78, 5) is 4.23. The van der Waals surface area contributed by atoms with E-state index in [1.807, 2.05) is 17.7 Å². The predicted octanol–water partition coefficient (Wildman–Crippen LogP) is 2.41. The summed E-state index contributed by atoms with van der Waals surface area (Å²) in [6.45, 7) is 4.57. The number of hydrogen-bond acceptors (Lipinski definition) is 4. The lowest BCUT2D eigenvalue weighted by Gasteiger charge is -2.18. The van der Waals surface area contributed by atoms with Crippen LogP contribution in [0.25, 0.3) is 5.69 Å². The highest BCUT2D eigenvalue weighted by Crippen LogP contribution is 2.21. The maximum Gasteiger partial charge on any atom is 0.154 e. The Morgan fingerprint density at radius 2 is 2.09 bits per heavy atom. The lowest BCUT2D eigenvalue weighted by molar-refractivity contribution is 0.538. The molecule has 1 aliphatic heterocycles. The summed E-state index contributed by atoms with van der Waals surface area (Å²) < 4.78 is 25.8. The van der Waals surface area contributed by atoms with E-state index in [0.29, 0.717) is 12.3 Å². The van der Waals surface area contributed by atoms with Gasteiger partial charge in [-0.2, -0.15) is 0 Å². The van der Waals surface area contributed by atoms with E-state index in [0.717, 1.165) is 29.9 Å². The average molecular weight is 333 g/mol. The molecule has 1 aromatic carbocycles. The number of sulfone groups is 1. The van der Waals surface area contributed by atoms with Gasteiger partial charge in [-0.3, -0.25) is 0 Å². The molecular formula is C17H23N3O2S. The summed E-state index contributed by atoms with van der Waals surface area (Å²) in [6.07, 6.45) is 5.30. The van der Waals surface area contributed by atoms with Gasteiger partial charge in [-0.25, -0.2) is 13.4 Å². The molecule has 6 heteroatoms. The fraction of sp³-hybridized carbons (Fsp3) is 0.471. The zero-order valence-electron chi connectivity index (χ0n) is 13.6. The van der Waals surface area contributed by atoms with Crippen LogP contribution in [0.3, 0.4) is 0 Å². The molecule has 1 aliphatic rings. The molecule has 124 valence electrons. The highest BCUT2D eigenvalue weighted by atomic mass is 32.2. The Morgan fingerprint density at radius 3 is 2.65 bits per heavy atom. The average Bonchev–Trinajstić information content (AvgIpc) is 3.10. The van der Waals surface area contributed by atoms with E-state index in [4.69, 9.17) is 0 Å². The highest BCUT2D eigenvalue weighted by Gasteiger charge is 2.31. The third kappa shape index (κ3) is 3.48. The highest BCUT2D eigenvalue weighted by molar-refractivity contribution is 7.92. The molecule has 1 N–H and O–H groups in total. The van der Waals surface area contributed by atoms with Crippen molar-refractivity contribution >= 4 is 9.84 Å². The molecule has 2 aromatic rings. The lowest BCUT2D eigenvalue weighted by atomic mass is 10.1. The third-order valence-corrected chi connectivity index (χ3v) is 6.89. The molecule has 5 nitrogen and oxygen atoms in total. The van der Waals surface area contributed by atoms with Gasteiger partial charge in [0.1, 0.15) is 5.82 Å². The predicted molar refractivity (Wildman–Crippen MR) is 91.5 cm³/mol. The molecule has 0 bridgehead atoms. The first kappa shape index (κ1) is 16.2. The molecule has 0 amide bonds. The SMILES string of the molecule is Cc1nccn1-c1ccc([C@@H](C)NC[C@@H]2CCCS2(=O)=O)cc1. The van der Waals surface area contributed by atoms with E-state index in [1.165, 1.54) is 0 Å². The number of rotatable bonds is 5. The van der Waals surface area contributed by atoms with Crippen molar-refractivity contribution in [2.45, 2.75) is 38.0 Å². The Labute approximate surface area is 137 Å². The van der Waals surface area contributed by atoms with Crippen LogP contribution in [0.15, 0.2) is 36.7 Å². The van der Waals surface area contributed by atoms with Crippen molar-refractivity contribution < 1.29 is 8.42 Å². The van der Waals surface area contributed by atoms with E-state index in [9.17, 15) is 8.42 Å². The molecule has 2 atom stereocenters. The largest absolute Gasteiger partial charge is 0.309 e. The van der Waals surface area contributed by atoms with Gasteiger partial charge in [0.25, 0.3) is 0 Å². The van der Waals surface area contributed by atoms with Gasteiger partial charge >= 0.3 is 0 Å². The minimum atomic E-state index is -2.88. The third-order valence-electron chi connectivity index (χ3n) is 4.61. The molecular weight excluding hydrogens is 310 g/mol. The van der Waals surface area contributed by atoms with Gasteiger partial charge < -0.3 is 9.88 Å². The molecule has 0 spiro atoms. The maximum atomic E-state index is 11.9. The molecule has 2 heterocycles. The van der Waals surface area contributed by atoms with Gasteiger partial charge in [0.15, 0.2) is 9.84 Å². The fourth-order valence-electron chi connectivity index (χ4n) is 3.09. The van der Waals surface area contributed by atoms with Crippen molar-refractivity contribution in [1.82, 2.24) is 14.9 Å². The van der Waals surface area contributed by atoms with Crippen molar-refractivity contribution in [3.8, 4) is 5.69 Å². The Hall–Kier alpha value is -1.66. The Morgan fingerprint density at radius 1 is 1.35 bits per heavy atom. The molecule has 23 heavy (non-hydrogen) atoms. The monoisotopic (exact) mass is 333 g/mol. The van der Waals surface area contributed by atoms with Crippen LogP contribution < -0.4 is 5.32 Å². The van der Waals surface area contributed by atoms with Crippen molar-refractivity contribution in [3.05, 3.63) is 48.0 Å². The van der Waals surface area contributed by atoms with Crippen molar-refractivity contribution in [2.75, 3.05) is 12.3 Å². The first-order valence-electron chi connectivity index (χ1n) is 8.02. The number of aryl methyl sites for hydroxylation is 1. The molecule has 1 saturated heterocycles. The zero-order valence-corrected chi connectivity index (χ0v) is 14.4. The van der Waals surface area contributed by atoms with E-state index in [-0.39, 0.29) is 11.3 Å². The smallest absolute Gasteiger partial charge is 0.154 e. The van der Waals surface area contributed by atoms with Crippen LogP contribution >= 0.6 is 0 Å². The molecule has 0 radical (unpaired) electrons. The number of hydrogen-bond donors (Lipinski definition) is 1. The maximum absolute atomic E-state index is 11.9. The van der Waals surface area contributed by atoms with Crippen LogP contribution in [0, 0.1) is 6.92 Å². The second kappa shape index (κ2) is 6.45. The van der Waals surface area contributed by atoms with Gasteiger partial charge in [-0.1, -0.05) is 12.1 Å². The molecule has 0 saturated carbocycles. The van der Waals surface area contributed by atoms with Gasteiger partial charge in [0, 0.05) is 30.7 Å². The summed E-state index contributed by atoms with van der Waals surface area (Å²) in [5.41, 5.74) is 2.23. The van der Waals surface area contributed by atoms with Crippen LogP contribution in [-0.4, -0.2) is 35.5 Å². The Kier molecular flexibility index (Phi) is 4.55. The molecule has 1 aromatic heterocycles. The standard InChI is InChI=1S/C17H23N3O2S/c1-13(19-12-17-4-3-11-23(17,21)22)15-5-7-16(8-6-15)20-10-9-18-14(20)2/h5-10,13,17,19H,3-4,11-12H2,1-2H3/t13-,17+/m1/s1. The molecule has 3 rings (SSSR count). The van der Waals surface area contributed by atoms with E-state index in [2.05, 4.69) is 41.5 Å². The van der Waals surface area contributed by atoms with Gasteiger partial charge in [-0.05, 0) is 44.4 Å². The molecule has 0 aliphatic carbocycles. The summed E-state index contributed by atoms with van der Waals surface area (Å²) in [6, 6.07) is 8.41. The summed E-state index contributed by atoms with van der Waals surface area (Å²) in [5, 5.41) is 3.14. The fourth-order valence-corrected chi connectivity index (χ4v) is 4.87. The number of aromatic nitrogens is 2. The zero-order chi connectivity index (χ0) is 16.4. The number of nitrogens with one attached hydrogen (secondary N) is 1. The first-order chi connectivity index (χ1) is 11.0. The topological polar surface area (TPSA) is 64.0 Å². The summed E-state index contributed by atoms with van der Waals surface area (Å²) >= 11 is 0. The van der Waals surface area contributed by atoms with Crippen molar-refractivity contribution in [1.29, 1.82) is 0 Å². The summed E-state index contributed by atoms with van der Waals surface area (Å²) in [7, 11) is -2.88. The van der Waals surface area contributed by atoms with Crippen LogP contribution in [-0.2, 0) is 9.84 Å². The van der Waals surface area contributed by atoms with Crippen molar-refractivity contribution in [3.63, 3.8) is 0 Å². The van der Waals surface area contributed by atoms with Gasteiger partial charge in [-0.15, -0.1) is 0 Å². The second-order valence-electron chi connectivity index (χ2n) is 6.20. The minimum absolute atomic E-state index is 0.128. The Balaban J connectivity index is 1.64. The molecule has 0 unspecified atom stereocenters. The Bertz CT molecular complexity index is 765. The first-order valence-corrected chi connectivity index (χ1v) is 9.74. The normalized spacial score (nSPS) is 21.4. The van der Waals surface area contributed by atoms with Crippen molar-refractivity contribution in [2.24, 2.45) is 0 Å². The van der Waals surface area contributed by atoms with E-state index in [1.54, 1.807) is 6.20 Å². The second-order valence-corrected chi connectivity index (χ2v) is 8.60. The number of imidazole rings is 1.